The third-order valence-corrected chi connectivity index (χ3v) is 5.43. The monoisotopic (exact) mass is 333 g/mol. The Morgan fingerprint density at radius 3 is 2.96 bits per heavy atom. The van der Waals surface area contributed by atoms with Crippen LogP contribution in [0.15, 0.2) is 28.8 Å². The molecule has 0 amide bonds. The first kappa shape index (κ1) is 16.5. The summed E-state index contributed by atoms with van der Waals surface area (Å²) < 4.78 is 5.38. The average Bonchev–Trinajstić information content (AvgIpc) is 3.13. The molecule has 0 saturated carbocycles. The van der Waals surface area contributed by atoms with Crippen molar-refractivity contribution in [2.75, 3.05) is 12.8 Å². The number of aliphatic hydroxyl groups excluding tert-OH is 1. The summed E-state index contributed by atoms with van der Waals surface area (Å²) in [5, 5.41) is 14.9. The highest BCUT2D eigenvalue weighted by Crippen LogP contribution is 2.34. The van der Waals surface area contributed by atoms with Crippen molar-refractivity contribution in [3.05, 3.63) is 47.1 Å². The van der Waals surface area contributed by atoms with Crippen molar-refractivity contribution in [3.63, 3.8) is 0 Å². The molecular formula is C17H23N3O2S. The second kappa shape index (κ2) is 7.03. The number of aromatic nitrogens is 2. The van der Waals surface area contributed by atoms with Crippen molar-refractivity contribution in [3.8, 4) is 0 Å². The number of aliphatic hydroxyl groups is 1. The molecule has 5 nitrogen and oxygen atoms in total. The molecule has 0 radical (unpaired) electrons. The molecule has 0 spiro atoms. The van der Waals surface area contributed by atoms with E-state index in [1.807, 2.05) is 25.2 Å². The van der Waals surface area contributed by atoms with E-state index in [0.29, 0.717) is 12.4 Å². The van der Waals surface area contributed by atoms with Gasteiger partial charge in [-0.05, 0) is 37.3 Å². The average molecular weight is 333 g/mol. The molecule has 1 heterocycles. The lowest BCUT2D eigenvalue weighted by atomic mass is 10.1. The van der Waals surface area contributed by atoms with Crippen LogP contribution in [0, 0.1) is 0 Å². The van der Waals surface area contributed by atoms with Crippen molar-refractivity contribution >= 4 is 11.8 Å². The molecule has 1 aromatic heterocycles. The van der Waals surface area contributed by atoms with E-state index in [2.05, 4.69) is 35.0 Å². The number of thioether (sulfide) groups is 1. The maximum atomic E-state index is 10.5. The third-order valence-electron chi connectivity index (χ3n) is 4.38. The Balaban J connectivity index is 1.65. The molecule has 0 aliphatic heterocycles. The number of benzene rings is 1. The standard InChI is InChI=1S/C17H23N3O2S/c1-4-23-11(2)17-18-15(22-19-17)10-20(3)14-9-12-7-5-6-8-13(12)16(14)21/h5-8,11,14,16,21H,4,9-10H2,1-3H3/t11-,14+,16+/m1/s1. The smallest absolute Gasteiger partial charge is 0.240 e. The normalized spacial score (nSPS) is 21.6. The van der Waals surface area contributed by atoms with Gasteiger partial charge in [0.1, 0.15) is 0 Å². The van der Waals surface area contributed by atoms with Gasteiger partial charge in [0.25, 0.3) is 0 Å². The van der Waals surface area contributed by atoms with Crippen LogP contribution in [-0.4, -0.2) is 39.0 Å². The van der Waals surface area contributed by atoms with E-state index in [1.54, 1.807) is 11.8 Å². The van der Waals surface area contributed by atoms with Crippen LogP contribution in [-0.2, 0) is 13.0 Å². The molecular weight excluding hydrogens is 310 g/mol. The van der Waals surface area contributed by atoms with E-state index in [0.717, 1.165) is 23.6 Å². The molecule has 3 rings (SSSR count). The van der Waals surface area contributed by atoms with Crippen molar-refractivity contribution in [1.82, 2.24) is 15.0 Å². The van der Waals surface area contributed by atoms with Crippen molar-refractivity contribution in [1.29, 1.82) is 0 Å². The molecule has 124 valence electrons. The quantitative estimate of drug-likeness (QED) is 0.877. The SMILES string of the molecule is CCS[C@H](C)c1noc(CN(C)[C@H]2Cc3ccccc3[C@@H]2O)n1. The zero-order chi connectivity index (χ0) is 16.4. The van der Waals surface area contributed by atoms with Crippen LogP contribution < -0.4 is 0 Å². The van der Waals surface area contributed by atoms with Gasteiger partial charge in [0, 0.05) is 6.04 Å². The van der Waals surface area contributed by atoms with Crippen LogP contribution in [0.2, 0.25) is 0 Å². The van der Waals surface area contributed by atoms with Gasteiger partial charge in [-0.15, -0.1) is 0 Å². The van der Waals surface area contributed by atoms with Gasteiger partial charge in [0.15, 0.2) is 5.82 Å². The van der Waals surface area contributed by atoms with Gasteiger partial charge >= 0.3 is 0 Å². The minimum absolute atomic E-state index is 0.0465. The van der Waals surface area contributed by atoms with Gasteiger partial charge in [-0.1, -0.05) is 36.3 Å². The topological polar surface area (TPSA) is 62.4 Å². The lowest BCUT2D eigenvalue weighted by Crippen LogP contribution is -2.34. The van der Waals surface area contributed by atoms with Crippen LogP contribution in [0.1, 0.15) is 48.0 Å². The number of nitrogens with zero attached hydrogens (tertiary/aromatic N) is 3. The molecule has 1 aliphatic carbocycles. The number of hydrogen-bond acceptors (Lipinski definition) is 6. The number of likely N-dealkylation sites (N-methyl/N-ethyl adjacent to an activating group) is 1. The van der Waals surface area contributed by atoms with Crippen molar-refractivity contribution in [2.24, 2.45) is 0 Å². The fourth-order valence-corrected chi connectivity index (χ4v) is 3.85. The predicted octanol–water partition coefficient (Wildman–Crippen LogP) is 2.97. The Morgan fingerprint density at radius 2 is 2.22 bits per heavy atom. The van der Waals surface area contributed by atoms with Gasteiger partial charge in [-0.3, -0.25) is 4.90 Å². The molecule has 0 fully saturated rings. The second-order valence-electron chi connectivity index (χ2n) is 5.97. The molecule has 1 N–H and O–H groups in total. The highest BCUT2D eigenvalue weighted by Gasteiger charge is 2.33. The molecule has 0 bridgehead atoms. The maximum Gasteiger partial charge on any atom is 0.240 e. The Bertz CT molecular complexity index is 661. The molecule has 1 aliphatic rings. The predicted molar refractivity (Wildman–Crippen MR) is 91.2 cm³/mol. The summed E-state index contributed by atoms with van der Waals surface area (Å²) in [6.07, 6.45) is 0.380. The van der Waals surface area contributed by atoms with E-state index >= 15 is 0 Å². The zero-order valence-electron chi connectivity index (χ0n) is 13.8. The zero-order valence-corrected chi connectivity index (χ0v) is 14.6. The van der Waals surface area contributed by atoms with Crippen LogP contribution >= 0.6 is 11.8 Å². The van der Waals surface area contributed by atoms with E-state index in [1.165, 1.54) is 5.56 Å². The summed E-state index contributed by atoms with van der Waals surface area (Å²) in [5.74, 6) is 2.38. The molecule has 0 saturated heterocycles. The first-order valence-electron chi connectivity index (χ1n) is 8.00. The van der Waals surface area contributed by atoms with E-state index in [-0.39, 0.29) is 11.3 Å². The Labute approximate surface area is 141 Å². The summed E-state index contributed by atoms with van der Waals surface area (Å²) in [6.45, 7) is 4.76. The van der Waals surface area contributed by atoms with Crippen LogP contribution in [0.4, 0.5) is 0 Å². The summed E-state index contributed by atoms with van der Waals surface area (Å²) in [6, 6.07) is 8.13. The van der Waals surface area contributed by atoms with E-state index in [9.17, 15) is 5.11 Å². The lowest BCUT2D eigenvalue weighted by molar-refractivity contribution is 0.0664. The van der Waals surface area contributed by atoms with Gasteiger partial charge in [0.2, 0.25) is 5.89 Å². The molecule has 23 heavy (non-hydrogen) atoms. The minimum Gasteiger partial charge on any atom is -0.387 e. The second-order valence-corrected chi connectivity index (χ2v) is 7.59. The molecule has 0 unspecified atom stereocenters. The summed E-state index contributed by atoms with van der Waals surface area (Å²) in [7, 11) is 1.99. The minimum atomic E-state index is -0.465. The molecule has 6 heteroatoms. The Hall–Kier alpha value is -1.37. The first-order valence-corrected chi connectivity index (χ1v) is 9.05. The molecule has 2 aromatic rings. The van der Waals surface area contributed by atoms with E-state index < -0.39 is 6.10 Å². The lowest BCUT2D eigenvalue weighted by Gasteiger charge is -2.25. The number of fused-ring (bicyclic) bond motifs is 1. The first-order chi connectivity index (χ1) is 11.1. The largest absolute Gasteiger partial charge is 0.387 e. The fourth-order valence-electron chi connectivity index (χ4n) is 3.10. The number of hydrogen-bond donors (Lipinski definition) is 1. The van der Waals surface area contributed by atoms with Gasteiger partial charge in [0.05, 0.1) is 17.9 Å². The summed E-state index contributed by atoms with van der Waals surface area (Å²) in [4.78, 5) is 6.59. The molecule has 3 atom stereocenters. The maximum absolute atomic E-state index is 10.5. The van der Waals surface area contributed by atoms with Gasteiger partial charge in [-0.2, -0.15) is 16.7 Å². The van der Waals surface area contributed by atoms with Gasteiger partial charge < -0.3 is 9.63 Å². The highest BCUT2D eigenvalue weighted by atomic mass is 32.2. The summed E-state index contributed by atoms with van der Waals surface area (Å²) in [5.41, 5.74) is 2.25. The summed E-state index contributed by atoms with van der Waals surface area (Å²) >= 11 is 1.80. The van der Waals surface area contributed by atoms with Crippen molar-refractivity contribution in [2.45, 2.75) is 44.2 Å². The Kier molecular flexibility index (Phi) is 5.04. The fraction of sp³-hybridized carbons (Fsp3) is 0.529. The van der Waals surface area contributed by atoms with E-state index in [4.69, 9.17) is 4.52 Å². The third kappa shape index (κ3) is 3.44. The van der Waals surface area contributed by atoms with Crippen molar-refractivity contribution < 1.29 is 9.63 Å². The van der Waals surface area contributed by atoms with Gasteiger partial charge in [-0.25, -0.2) is 0 Å². The van der Waals surface area contributed by atoms with Crippen LogP contribution in [0.5, 0.6) is 0 Å². The van der Waals surface area contributed by atoms with Crippen LogP contribution in [0.3, 0.4) is 0 Å². The van der Waals surface area contributed by atoms with Crippen LogP contribution in [0.25, 0.3) is 0 Å². The molecule has 1 aromatic carbocycles. The number of rotatable bonds is 6. The Morgan fingerprint density at radius 1 is 1.43 bits per heavy atom. The highest BCUT2D eigenvalue weighted by molar-refractivity contribution is 7.99.